The highest BCUT2D eigenvalue weighted by atomic mass is 32.5. The lowest BCUT2D eigenvalue weighted by Crippen LogP contribution is -2.30. The molecule has 0 saturated carbocycles. The highest BCUT2D eigenvalue weighted by molar-refractivity contribution is 8.01. The fraction of sp³-hybridized carbons (Fsp3) is 0.953. The molecule has 54 heavy (non-hydrogen) atoms. The van der Waals surface area contributed by atoms with Crippen molar-refractivity contribution < 1.29 is 37.6 Å². The van der Waals surface area contributed by atoms with Gasteiger partial charge in [-0.3, -0.25) is 14.2 Å². The molecule has 0 rings (SSSR count). The molecule has 11 heteroatoms. The Morgan fingerprint density at radius 3 is 1.20 bits per heavy atom. The van der Waals surface area contributed by atoms with Crippen molar-refractivity contribution in [1.29, 1.82) is 1.12 Å². The molecule has 0 radical (unpaired) electrons. The van der Waals surface area contributed by atoms with Gasteiger partial charge in [-0.05, 0) is 25.5 Å². The van der Waals surface area contributed by atoms with Crippen LogP contribution < -0.4 is 4.89 Å². The molecule has 0 amide bonds. The van der Waals surface area contributed by atoms with Gasteiger partial charge in [0.2, 0.25) is 0 Å². The van der Waals surface area contributed by atoms with Gasteiger partial charge in [0.1, 0.15) is 7.73 Å². The van der Waals surface area contributed by atoms with Crippen LogP contribution in [0.2, 0.25) is 0 Å². The van der Waals surface area contributed by atoms with Crippen LogP contribution in [0.3, 0.4) is 0 Å². The Kier molecular flexibility index (Phi) is 45.2. The summed E-state index contributed by atoms with van der Waals surface area (Å²) < 4.78 is 39.2. The quantitative estimate of drug-likeness (QED) is 0.0281. The maximum Gasteiger partial charge on any atom is 0.306 e. The highest BCUT2D eigenvalue weighted by Crippen LogP contribution is 2.38. The molecule has 0 heterocycles. The summed E-state index contributed by atoms with van der Waals surface area (Å²) in [5.41, 5.74) is 0. The van der Waals surface area contributed by atoms with Crippen molar-refractivity contribution in [2.75, 3.05) is 26.1 Å². The molecule has 0 aliphatic heterocycles. The number of rotatable bonds is 41. The van der Waals surface area contributed by atoms with E-state index in [4.69, 9.17) is 19.6 Å². The van der Waals surface area contributed by atoms with E-state index in [-0.39, 0.29) is 36.4 Å². The number of unbranched alkanes of at least 4 members (excludes halogenated alkanes) is 28. The molecule has 324 valence electrons. The van der Waals surface area contributed by atoms with Crippen molar-refractivity contribution in [3.05, 3.63) is 0 Å². The number of carbonyl (C=O) groups excluding carboxylic acids is 2. The van der Waals surface area contributed by atoms with E-state index < -0.39 is 26.5 Å². The van der Waals surface area contributed by atoms with E-state index in [9.17, 15) is 19.0 Å². The first-order chi connectivity index (χ1) is 26.6. The van der Waals surface area contributed by atoms with Gasteiger partial charge in [-0.2, -0.15) is 10.8 Å². The molecule has 0 aromatic heterocycles. The Labute approximate surface area is 341 Å². The first-order valence-corrected chi connectivity index (χ1v) is 26.3. The first kappa shape index (κ1) is 53.7. The maximum absolute atomic E-state index is 12.6. The second-order valence-corrected chi connectivity index (χ2v) is 18.0. The molecule has 0 saturated heterocycles. The standard InChI is InChI=1S/C42H83O8P.CH5PS/c1-4-7-9-11-13-15-17-19-21-23-25-27-29-31-33-35-41(43)47-38-40(39-49-51(45,46)48-37-6-3)50-42(44)36-34-32-30-28-26-24-22-20-18-16-14-12-10-8-5-2;1-3-2/h40H,4-39H2,1-3H3,(H,45,46);2-3H,1H3/p-1/t40-;/m0./s1/i;3D. The molecule has 0 aliphatic rings. The van der Waals surface area contributed by atoms with Gasteiger partial charge in [-0.1, -0.05) is 209 Å². The molecule has 0 bridgehead atoms. The number of hydrogen-bond acceptors (Lipinski definition) is 8. The van der Waals surface area contributed by atoms with Gasteiger partial charge in [0, 0.05) is 12.8 Å². The molecule has 0 aromatic rings. The number of esters is 2. The summed E-state index contributed by atoms with van der Waals surface area (Å²) in [6, 6.07) is 0. The van der Waals surface area contributed by atoms with E-state index in [0.29, 0.717) is 19.3 Å². The summed E-state index contributed by atoms with van der Waals surface area (Å²) in [6.07, 6.45) is 39.3. The van der Waals surface area contributed by atoms with Gasteiger partial charge in [0.05, 0.1) is 13.2 Å². The van der Waals surface area contributed by atoms with Crippen LogP contribution in [-0.2, 0) is 43.5 Å². The molecule has 0 aromatic carbocycles. The molecule has 0 fully saturated rings. The average Bonchev–Trinajstić information content (AvgIpc) is 3.14. The molecular formula is C43H87O8P2S-. The highest BCUT2D eigenvalue weighted by Gasteiger charge is 2.21. The maximum atomic E-state index is 12.6. The number of ether oxygens (including phenoxy) is 2. The lowest BCUT2D eigenvalue weighted by Gasteiger charge is -2.25. The molecule has 0 spiro atoms. The number of carbonyl (C=O) groups is 2. The van der Waals surface area contributed by atoms with Crippen molar-refractivity contribution in [2.24, 2.45) is 0 Å². The van der Waals surface area contributed by atoms with Crippen LogP contribution in [0.4, 0.5) is 0 Å². The van der Waals surface area contributed by atoms with Gasteiger partial charge in [0.15, 0.2) is 6.10 Å². The lowest BCUT2D eigenvalue weighted by atomic mass is 10.0. The minimum atomic E-state index is -4.54. The topological polar surface area (TPSA) is 111 Å². The van der Waals surface area contributed by atoms with E-state index in [1.165, 1.54) is 154 Å². The Morgan fingerprint density at radius 1 is 0.556 bits per heavy atom. The normalized spacial score (nSPS) is 13.7. The van der Waals surface area contributed by atoms with Crippen molar-refractivity contribution in [1.82, 2.24) is 0 Å². The van der Waals surface area contributed by atoms with Gasteiger partial charge in [-0.15, -0.1) is 0 Å². The molecular weight excluding hydrogens is 738 g/mol. The zero-order valence-corrected chi connectivity index (χ0v) is 38.4. The van der Waals surface area contributed by atoms with Crippen molar-refractivity contribution >= 4 is 38.6 Å². The Bertz CT molecular complexity index is 910. The third-order valence-corrected chi connectivity index (χ3v) is 10.5. The van der Waals surface area contributed by atoms with Crippen molar-refractivity contribution in [3.8, 4) is 0 Å². The number of hydrogen-bond donors (Lipinski definition) is 1. The summed E-state index contributed by atoms with van der Waals surface area (Å²) in [7, 11) is -1.83. The molecule has 0 aliphatic carbocycles. The smallest absolute Gasteiger partial charge is 0.306 e. The summed E-state index contributed by atoms with van der Waals surface area (Å²) in [6.45, 7) is 5.64. The Balaban J connectivity index is 0. The third kappa shape index (κ3) is 46.1. The summed E-state index contributed by atoms with van der Waals surface area (Å²) in [4.78, 5) is 37.0. The minimum absolute atomic E-state index is 0.0126. The van der Waals surface area contributed by atoms with E-state index in [2.05, 4.69) is 21.9 Å². The van der Waals surface area contributed by atoms with Crippen molar-refractivity contribution in [2.45, 2.75) is 239 Å². The van der Waals surface area contributed by atoms with E-state index in [0.717, 1.165) is 32.1 Å². The van der Waals surface area contributed by atoms with Crippen LogP contribution in [0.1, 0.15) is 233 Å². The second-order valence-electron chi connectivity index (χ2n) is 15.0. The SMILES string of the molecule is CCCCCCCCCCCCCCCCCC(=O)OC[C@@H](COP(=O)([O-])OCCC)OC(=O)CCCCCCCCCCCCCCCCC.[2H]S(C)=P. The first-order valence-electron chi connectivity index (χ1n) is 22.8. The zero-order valence-electron chi connectivity index (χ0n) is 36.7. The van der Waals surface area contributed by atoms with Crippen LogP contribution >= 0.6 is 15.8 Å². The molecule has 8 nitrogen and oxygen atoms in total. The molecule has 3 atom stereocenters. The monoisotopic (exact) mass is 827 g/mol. The predicted octanol–water partition coefficient (Wildman–Crippen LogP) is 13.4. The summed E-state index contributed by atoms with van der Waals surface area (Å²) >= 11 is 0. The largest absolute Gasteiger partial charge is 0.756 e. The Morgan fingerprint density at radius 2 is 0.870 bits per heavy atom. The van der Waals surface area contributed by atoms with Gasteiger partial charge < -0.3 is 23.4 Å². The number of phosphoric ester groups is 1. The molecule has 0 N–H and O–H groups in total. The fourth-order valence-corrected chi connectivity index (χ4v) is 7.14. The Hall–Kier alpha value is -0.300. The van der Waals surface area contributed by atoms with Gasteiger partial charge in [0.25, 0.3) is 7.82 Å². The third-order valence-electron chi connectivity index (χ3n) is 9.57. The van der Waals surface area contributed by atoms with Crippen molar-refractivity contribution in [3.63, 3.8) is 0 Å². The van der Waals surface area contributed by atoms with Gasteiger partial charge in [-0.25, -0.2) is 0 Å². The van der Waals surface area contributed by atoms with Crippen LogP contribution in [0.25, 0.3) is 0 Å². The summed E-state index contributed by atoms with van der Waals surface area (Å²) in [5, 5.41) is 0. The number of thiol groups is 1. The lowest BCUT2D eigenvalue weighted by molar-refractivity contribution is -0.228. The van der Waals surface area contributed by atoms with Gasteiger partial charge >= 0.3 is 11.9 Å². The van der Waals surface area contributed by atoms with E-state index in [1.54, 1.807) is 13.2 Å². The second kappa shape index (κ2) is 45.4. The average molecular weight is 827 g/mol. The predicted molar refractivity (Wildman–Crippen MR) is 233 cm³/mol. The fourth-order valence-electron chi connectivity index (χ4n) is 6.32. The summed E-state index contributed by atoms with van der Waals surface area (Å²) in [5.74, 6) is -0.812. The molecule has 2 unspecified atom stereocenters. The van der Waals surface area contributed by atoms with Crippen LogP contribution in [0.5, 0.6) is 0 Å². The van der Waals surface area contributed by atoms with E-state index >= 15 is 0 Å². The van der Waals surface area contributed by atoms with E-state index in [1.807, 2.05) is 0 Å². The van der Waals surface area contributed by atoms with Crippen LogP contribution in [-0.4, -0.2) is 45.2 Å². The number of phosphoric acid groups is 1. The van der Waals surface area contributed by atoms with Crippen LogP contribution in [0, 0.1) is 0 Å². The minimum Gasteiger partial charge on any atom is -0.756 e. The van der Waals surface area contributed by atoms with Crippen LogP contribution in [0.15, 0.2) is 0 Å². The zero-order chi connectivity index (χ0) is 41.1.